The molecule has 1 aliphatic rings. The molecule has 0 spiro atoms. The molecule has 8 heteroatoms. The van der Waals surface area contributed by atoms with E-state index in [0.717, 1.165) is 11.3 Å². The van der Waals surface area contributed by atoms with Gasteiger partial charge in [-0.25, -0.2) is 0 Å². The van der Waals surface area contributed by atoms with Crippen LogP contribution in [0.3, 0.4) is 0 Å². The van der Waals surface area contributed by atoms with Crippen LogP contribution < -0.4 is 25.0 Å². The molecule has 2 aromatic rings. The van der Waals surface area contributed by atoms with E-state index in [1.165, 1.54) is 4.90 Å². The number of rotatable bonds is 5. The van der Waals surface area contributed by atoms with E-state index >= 15 is 0 Å². The molecular formula is C20H21N3O5. The van der Waals surface area contributed by atoms with Gasteiger partial charge >= 0.3 is 11.8 Å². The van der Waals surface area contributed by atoms with E-state index in [1.807, 2.05) is 24.3 Å². The van der Waals surface area contributed by atoms with Gasteiger partial charge in [-0.05, 0) is 42.3 Å². The number of likely N-dealkylation sites (N-methyl/N-ethyl adjacent to an activating group) is 1. The molecule has 1 heterocycles. The minimum Gasteiger partial charge on any atom is -0.497 e. The lowest BCUT2D eigenvalue weighted by Gasteiger charge is -2.26. The van der Waals surface area contributed by atoms with E-state index in [1.54, 1.807) is 32.4 Å². The number of anilines is 2. The summed E-state index contributed by atoms with van der Waals surface area (Å²) in [6, 6.07) is 12.3. The van der Waals surface area contributed by atoms with Gasteiger partial charge in [-0.1, -0.05) is 12.1 Å². The number of carbonyl (C=O) groups excluding carboxylic acids is 3. The quantitative estimate of drug-likeness (QED) is 0.760. The van der Waals surface area contributed by atoms with Crippen molar-refractivity contribution in [3.8, 4) is 11.5 Å². The van der Waals surface area contributed by atoms with Crippen LogP contribution in [0.15, 0.2) is 42.5 Å². The van der Waals surface area contributed by atoms with Crippen LogP contribution >= 0.6 is 0 Å². The topological polar surface area (TPSA) is 97.0 Å². The summed E-state index contributed by atoms with van der Waals surface area (Å²) in [7, 11) is 3.22. The Balaban J connectivity index is 1.52. The van der Waals surface area contributed by atoms with Crippen LogP contribution in [0.25, 0.3) is 0 Å². The van der Waals surface area contributed by atoms with Crippen molar-refractivity contribution < 1.29 is 23.9 Å². The third-order valence-electron chi connectivity index (χ3n) is 4.37. The van der Waals surface area contributed by atoms with Crippen LogP contribution in [0.2, 0.25) is 0 Å². The van der Waals surface area contributed by atoms with Crippen molar-refractivity contribution in [3.05, 3.63) is 48.0 Å². The summed E-state index contributed by atoms with van der Waals surface area (Å²) in [5, 5.41) is 5.12. The zero-order valence-electron chi connectivity index (χ0n) is 15.7. The summed E-state index contributed by atoms with van der Waals surface area (Å²) in [4.78, 5) is 37.3. The normalized spacial score (nSPS) is 12.6. The fraction of sp³-hybridized carbons (Fsp3) is 0.250. The Morgan fingerprint density at radius 1 is 1.14 bits per heavy atom. The average Bonchev–Trinajstić information content (AvgIpc) is 2.71. The molecule has 2 N–H and O–H groups in total. The Hall–Kier alpha value is -3.55. The van der Waals surface area contributed by atoms with Crippen LogP contribution in [0.4, 0.5) is 11.4 Å². The minimum atomic E-state index is -0.777. The maximum absolute atomic E-state index is 12.1. The minimum absolute atomic E-state index is 0.0220. The molecule has 28 heavy (non-hydrogen) atoms. The first kappa shape index (κ1) is 19.2. The van der Waals surface area contributed by atoms with Crippen molar-refractivity contribution >= 4 is 29.1 Å². The molecule has 1 aliphatic heterocycles. The molecular weight excluding hydrogens is 362 g/mol. The molecule has 0 aliphatic carbocycles. The predicted octanol–water partition coefficient (Wildman–Crippen LogP) is 1.35. The number of benzene rings is 2. The summed E-state index contributed by atoms with van der Waals surface area (Å²) in [6.07, 6.45) is 0.589. The third kappa shape index (κ3) is 4.40. The zero-order chi connectivity index (χ0) is 20.1. The van der Waals surface area contributed by atoms with Crippen LogP contribution in [0.5, 0.6) is 11.5 Å². The lowest BCUT2D eigenvalue weighted by Crippen LogP contribution is -2.37. The van der Waals surface area contributed by atoms with Gasteiger partial charge in [0.05, 0.1) is 12.8 Å². The first-order valence-electron chi connectivity index (χ1n) is 8.73. The highest BCUT2D eigenvalue weighted by Crippen LogP contribution is 2.33. The molecule has 0 bridgehead atoms. The van der Waals surface area contributed by atoms with E-state index in [4.69, 9.17) is 9.47 Å². The highest BCUT2D eigenvalue weighted by Gasteiger charge is 2.23. The Kier molecular flexibility index (Phi) is 5.78. The smallest absolute Gasteiger partial charge is 0.313 e. The summed E-state index contributed by atoms with van der Waals surface area (Å²) < 4.78 is 10.4. The highest BCUT2D eigenvalue weighted by molar-refractivity contribution is 6.39. The fourth-order valence-electron chi connectivity index (χ4n) is 2.73. The number of ether oxygens (including phenoxy) is 2. The maximum atomic E-state index is 12.1. The number of carbonyl (C=O) groups is 3. The van der Waals surface area contributed by atoms with E-state index < -0.39 is 11.8 Å². The fourth-order valence-corrected chi connectivity index (χ4v) is 2.73. The second-order valence-corrected chi connectivity index (χ2v) is 6.23. The van der Waals surface area contributed by atoms with Crippen LogP contribution in [0, 0.1) is 0 Å². The zero-order valence-corrected chi connectivity index (χ0v) is 15.7. The number of methoxy groups -OCH3 is 1. The van der Waals surface area contributed by atoms with E-state index in [-0.39, 0.29) is 12.5 Å². The molecule has 0 saturated heterocycles. The third-order valence-corrected chi connectivity index (χ3v) is 4.37. The van der Waals surface area contributed by atoms with E-state index in [9.17, 15) is 14.4 Å². The average molecular weight is 383 g/mol. The Bertz CT molecular complexity index is 895. The van der Waals surface area contributed by atoms with Crippen molar-refractivity contribution in [2.24, 2.45) is 0 Å². The molecule has 0 unspecified atom stereocenters. The standard InChI is InChI=1S/C20H21N3O5/c1-23-16-11-14(5-8-17(16)28-12-18(23)24)22-20(26)19(25)21-10-9-13-3-6-15(27-2)7-4-13/h3-8,11H,9-10,12H2,1-2H3,(H,21,25)(H,22,26). The van der Waals surface area contributed by atoms with Crippen molar-refractivity contribution in [2.45, 2.75) is 6.42 Å². The van der Waals surface area contributed by atoms with Gasteiger partial charge in [0.25, 0.3) is 5.91 Å². The molecule has 0 radical (unpaired) electrons. The van der Waals surface area contributed by atoms with Crippen molar-refractivity contribution in [1.29, 1.82) is 0 Å². The van der Waals surface area contributed by atoms with Crippen LogP contribution in [0.1, 0.15) is 5.56 Å². The van der Waals surface area contributed by atoms with Crippen LogP contribution in [-0.4, -0.2) is 45.0 Å². The van der Waals surface area contributed by atoms with Crippen LogP contribution in [-0.2, 0) is 20.8 Å². The predicted molar refractivity (Wildman–Crippen MR) is 104 cm³/mol. The second kappa shape index (κ2) is 8.43. The molecule has 8 nitrogen and oxygen atoms in total. The summed E-state index contributed by atoms with van der Waals surface area (Å²) >= 11 is 0. The van der Waals surface area contributed by atoms with Gasteiger partial charge in [0.15, 0.2) is 6.61 Å². The SMILES string of the molecule is COc1ccc(CCNC(=O)C(=O)Nc2ccc3c(c2)N(C)C(=O)CO3)cc1. The van der Waals surface area contributed by atoms with Gasteiger partial charge in [-0.3, -0.25) is 14.4 Å². The Morgan fingerprint density at radius 2 is 1.89 bits per heavy atom. The first-order chi connectivity index (χ1) is 13.5. The van der Waals surface area contributed by atoms with Gasteiger partial charge in [-0.15, -0.1) is 0 Å². The van der Waals surface area contributed by atoms with Gasteiger partial charge in [0.1, 0.15) is 11.5 Å². The number of hydrogen-bond acceptors (Lipinski definition) is 5. The number of hydrogen-bond donors (Lipinski definition) is 2. The Labute approximate surface area is 162 Å². The van der Waals surface area contributed by atoms with Gasteiger partial charge < -0.3 is 25.0 Å². The molecule has 3 amide bonds. The molecule has 2 aromatic carbocycles. The highest BCUT2D eigenvalue weighted by atomic mass is 16.5. The Morgan fingerprint density at radius 3 is 2.61 bits per heavy atom. The number of fused-ring (bicyclic) bond motifs is 1. The first-order valence-corrected chi connectivity index (χ1v) is 8.73. The number of amides is 3. The molecule has 0 fully saturated rings. The van der Waals surface area contributed by atoms with Crippen molar-refractivity contribution in [2.75, 3.05) is 37.5 Å². The van der Waals surface area contributed by atoms with Gasteiger partial charge in [-0.2, -0.15) is 0 Å². The number of nitrogens with zero attached hydrogens (tertiary/aromatic N) is 1. The van der Waals surface area contributed by atoms with Crippen molar-refractivity contribution in [3.63, 3.8) is 0 Å². The molecule has 146 valence electrons. The second-order valence-electron chi connectivity index (χ2n) is 6.23. The van der Waals surface area contributed by atoms with Gasteiger partial charge in [0.2, 0.25) is 0 Å². The monoisotopic (exact) mass is 383 g/mol. The molecule has 0 saturated carbocycles. The summed E-state index contributed by atoms with van der Waals surface area (Å²) in [5.74, 6) is -0.390. The molecule has 3 rings (SSSR count). The molecule has 0 aromatic heterocycles. The lowest BCUT2D eigenvalue weighted by molar-refractivity contribution is -0.136. The van der Waals surface area contributed by atoms with Gasteiger partial charge in [0, 0.05) is 19.3 Å². The summed E-state index contributed by atoms with van der Waals surface area (Å²) in [6.45, 7) is 0.305. The largest absolute Gasteiger partial charge is 0.497 e. The van der Waals surface area contributed by atoms with E-state index in [0.29, 0.717) is 30.1 Å². The number of nitrogens with one attached hydrogen (secondary N) is 2. The maximum Gasteiger partial charge on any atom is 0.313 e. The molecule has 0 atom stereocenters. The lowest BCUT2D eigenvalue weighted by atomic mass is 10.1. The van der Waals surface area contributed by atoms with E-state index in [2.05, 4.69) is 10.6 Å². The van der Waals surface area contributed by atoms with Crippen molar-refractivity contribution in [1.82, 2.24) is 5.32 Å². The summed E-state index contributed by atoms with van der Waals surface area (Å²) in [5.41, 5.74) is 1.96.